The third kappa shape index (κ3) is 4.17. The summed E-state index contributed by atoms with van der Waals surface area (Å²) < 4.78 is 0. The number of anilines is 1. The van der Waals surface area contributed by atoms with Crippen LogP contribution in [0.1, 0.15) is 45.1 Å². The van der Waals surface area contributed by atoms with Crippen LogP contribution >= 0.6 is 0 Å². The van der Waals surface area contributed by atoms with Crippen molar-refractivity contribution in [3.05, 3.63) is 23.9 Å². The quantitative estimate of drug-likeness (QED) is 0.928. The lowest BCUT2D eigenvalue weighted by atomic mass is 9.91. The van der Waals surface area contributed by atoms with Gasteiger partial charge in [0, 0.05) is 26.3 Å². The van der Waals surface area contributed by atoms with Crippen LogP contribution in [-0.4, -0.2) is 36.2 Å². The van der Waals surface area contributed by atoms with Crippen LogP contribution in [0.2, 0.25) is 0 Å². The second-order valence-corrected chi connectivity index (χ2v) is 6.56. The highest BCUT2D eigenvalue weighted by molar-refractivity contribution is 5.75. The Morgan fingerprint density at radius 3 is 2.48 bits per heavy atom. The normalized spacial score (nSPS) is 17.5. The first-order valence-electron chi connectivity index (χ1n) is 7.51. The van der Waals surface area contributed by atoms with Crippen molar-refractivity contribution in [2.24, 2.45) is 5.41 Å². The number of nitrogens with zero attached hydrogens (tertiary/aromatic N) is 2. The second-order valence-electron chi connectivity index (χ2n) is 6.56. The molecule has 116 valence electrons. The first kappa shape index (κ1) is 15.8. The molecular weight excluding hydrogens is 266 g/mol. The van der Waals surface area contributed by atoms with Crippen molar-refractivity contribution in [2.45, 2.75) is 39.5 Å². The lowest BCUT2D eigenvalue weighted by Crippen LogP contribution is -2.38. The third-order valence-electron chi connectivity index (χ3n) is 3.79. The second kappa shape index (κ2) is 6.43. The lowest BCUT2D eigenvalue weighted by Gasteiger charge is -2.32. The maximum absolute atomic E-state index is 11.9. The topological polar surface area (TPSA) is 54.5 Å². The lowest BCUT2D eigenvalue weighted by molar-refractivity contribution is -0.204. The Labute approximate surface area is 126 Å². The van der Waals surface area contributed by atoms with Gasteiger partial charge in [0.25, 0.3) is 0 Å². The minimum Gasteiger partial charge on any atom is -0.373 e. The van der Waals surface area contributed by atoms with Crippen LogP contribution in [0, 0.1) is 5.41 Å². The van der Waals surface area contributed by atoms with Gasteiger partial charge in [0.1, 0.15) is 5.82 Å². The molecule has 1 fully saturated rings. The molecule has 1 aliphatic rings. The molecule has 0 amide bonds. The van der Waals surface area contributed by atoms with Crippen LogP contribution in [0.5, 0.6) is 0 Å². The summed E-state index contributed by atoms with van der Waals surface area (Å²) >= 11 is 0. The Kier molecular flexibility index (Phi) is 4.83. The van der Waals surface area contributed by atoms with Crippen LogP contribution < -0.4 is 5.32 Å². The molecule has 2 heterocycles. The molecule has 1 aromatic heterocycles. The summed E-state index contributed by atoms with van der Waals surface area (Å²) in [6, 6.07) is 4.13. The van der Waals surface area contributed by atoms with Gasteiger partial charge in [-0.2, -0.15) is 0 Å². The average Bonchev–Trinajstić information content (AvgIpc) is 2.47. The van der Waals surface area contributed by atoms with E-state index in [1.807, 2.05) is 40.1 Å². The first-order valence-corrected chi connectivity index (χ1v) is 7.51. The predicted molar refractivity (Wildman–Crippen MR) is 82.9 cm³/mol. The van der Waals surface area contributed by atoms with Crippen LogP contribution in [0.3, 0.4) is 0 Å². The van der Waals surface area contributed by atoms with Crippen LogP contribution in [0.4, 0.5) is 5.82 Å². The van der Waals surface area contributed by atoms with Gasteiger partial charge in [-0.15, -0.1) is 5.06 Å². The van der Waals surface area contributed by atoms with Crippen molar-refractivity contribution >= 4 is 11.8 Å². The summed E-state index contributed by atoms with van der Waals surface area (Å²) in [6.45, 7) is 7.17. The Morgan fingerprint density at radius 2 is 2.00 bits per heavy atom. The number of hydroxylamine groups is 2. The fraction of sp³-hybridized carbons (Fsp3) is 0.625. The number of hydrogen-bond acceptors (Lipinski definition) is 5. The van der Waals surface area contributed by atoms with Crippen LogP contribution in [-0.2, 0) is 9.63 Å². The van der Waals surface area contributed by atoms with Gasteiger partial charge in [0.05, 0.1) is 5.41 Å². The molecule has 21 heavy (non-hydrogen) atoms. The standard InChI is InChI=1S/C16H25N3O2/c1-16(2,3)15(20)21-19-9-7-12(8-10-19)13-5-6-14(17-4)18-11-13/h5-6,11-12H,7-10H2,1-4H3,(H,17,18). The van der Waals surface area contributed by atoms with E-state index in [0.717, 1.165) is 31.7 Å². The summed E-state index contributed by atoms with van der Waals surface area (Å²) in [5.41, 5.74) is 0.805. The van der Waals surface area contributed by atoms with E-state index in [0.29, 0.717) is 5.92 Å². The fourth-order valence-corrected chi connectivity index (χ4v) is 2.33. The molecule has 5 nitrogen and oxygen atoms in total. The third-order valence-corrected chi connectivity index (χ3v) is 3.79. The minimum absolute atomic E-state index is 0.166. The molecule has 5 heteroatoms. The molecule has 0 aliphatic carbocycles. The molecule has 0 aromatic carbocycles. The molecule has 1 N–H and O–H groups in total. The van der Waals surface area contributed by atoms with Gasteiger partial charge in [-0.3, -0.25) is 0 Å². The number of hydrogen-bond donors (Lipinski definition) is 1. The minimum atomic E-state index is -0.455. The van der Waals surface area contributed by atoms with E-state index in [1.165, 1.54) is 5.56 Å². The van der Waals surface area contributed by atoms with E-state index in [9.17, 15) is 4.79 Å². The highest BCUT2D eigenvalue weighted by atomic mass is 16.7. The molecule has 0 unspecified atom stereocenters. The molecule has 0 spiro atoms. The maximum Gasteiger partial charge on any atom is 0.330 e. The van der Waals surface area contributed by atoms with Gasteiger partial charge >= 0.3 is 5.97 Å². The zero-order valence-electron chi connectivity index (χ0n) is 13.3. The van der Waals surface area contributed by atoms with Gasteiger partial charge in [-0.05, 0) is 51.2 Å². The molecular formula is C16H25N3O2. The first-order chi connectivity index (χ1) is 9.90. The smallest absolute Gasteiger partial charge is 0.330 e. The Bertz CT molecular complexity index is 471. The largest absolute Gasteiger partial charge is 0.373 e. The fourth-order valence-electron chi connectivity index (χ4n) is 2.33. The summed E-state index contributed by atoms with van der Waals surface area (Å²) in [5, 5.41) is 4.81. The maximum atomic E-state index is 11.9. The zero-order valence-corrected chi connectivity index (χ0v) is 13.3. The molecule has 2 rings (SSSR count). The van der Waals surface area contributed by atoms with Gasteiger partial charge in [0.2, 0.25) is 0 Å². The Morgan fingerprint density at radius 1 is 1.33 bits per heavy atom. The molecule has 1 aliphatic heterocycles. The monoisotopic (exact) mass is 291 g/mol. The molecule has 1 aromatic rings. The van der Waals surface area contributed by atoms with Crippen molar-refractivity contribution in [3.63, 3.8) is 0 Å². The van der Waals surface area contributed by atoms with Crippen molar-refractivity contribution in [1.82, 2.24) is 10.0 Å². The predicted octanol–water partition coefficient (Wildman–Crippen LogP) is 2.81. The number of nitrogens with one attached hydrogen (secondary N) is 1. The van der Waals surface area contributed by atoms with Crippen LogP contribution in [0.25, 0.3) is 0 Å². The van der Waals surface area contributed by atoms with Gasteiger partial charge in [-0.25, -0.2) is 9.78 Å². The zero-order chi connectivity index (χ0) is 15.5. The van der Waals surface area contributed by atoms with Crippen molar-refractivity contribution < 1.29 is 9.63 Å². The van der Waals surface area contributed by atoms with E-state index in [4.69, 9.17) is 4.84 Å². The molecule has 0 radical (unpaired) electrons. The van der Waals surface area contributed by atoms with Gasteiger partial charge in [-0.1, -0.05) is 6.07 Å². The van der Waals surface area contributed by atoms with Crippen molar-refractivity contribution in [1.29, 1.82) is 0 Å². The van der Waals surface area contributed by atoms with Gasteiger partial charge in [0.15, 0.2) is 0 Å². The molecule has 0 atom stereocenters. The number of piperidine rings is 1. The van der Waals surface area contributed by atoms with E-state index in [-0.39, 0.29) is 5.97 Å². The van der Waals surface area contributed by atoms with Crippen molar-refractivity contribution in [2.75, 3.05) is 25.5 Å². The number of carbonyl (C=O) groups is 1. The average molecular weight is 291 g/mol. The van der Waals surface area contributed by atoms with Gasteiger partial charge < -0.3 is 10.2 Å². The molecule has 1 saturated heterocycles. The number of carbonyl (C=O) groups excluding carboxylic acids is 1. The Balaban J connectivity index is 1.86. The highest BCUT2D eigenvalue weighted by Gasteiger charge is 2.28. The summed E-state index contributed by atoms with van der Waals surface area (Å²) in [5.74, 6) is 1.21. The molecule has 0 saturated carbocycles. The Hall–Kier alpha value is -1.62. The number of pyridine rings is 1. The summed E-state index contributed by atoms with van der Waals surface area (Å²) in [4.78, 5) is 21.7. The SMILES string of the molecule is CNc1ccc(C2CCN(OC(=O)C(C)(C)C)CC2)cn1. The van der Waals surface area contributed by atoms with E-state index in [1.54, 1.807) is 5.06 Å². The van der Waals surface area contributed by atoms with Crippen LogP contribution in [0.15, 0.2) is 18.3 Å². The number of rotatable bonds is 3. The highest BCUT2D eigenvalue weighted by Crippen LogP contribution is 2.28. The van der Waals surface area contributed by atoms with E-state index >= 15 is 0 Å². The summed E-state index contributed by atoms with van der Waals surface area (Å²) in [6.07, 6.45) is 3.91. The van der Waals surface area contributed by atoms with E-state index in [2.05, 4.69) is 16.4 Å². The number of aromatic nitrogens is 1. The summed E-state index contributed by atoms with van der Waals surface area (Å²) in [7, 11) is 1.87. The van der Waals surface area contributed by atoms with Crippen molar-refractivity contribution in [3.8, 4) is 0 Å². The van der Waals surface area contributed by atoms with E-state index < -0.39 is 5.41 Å². The molecule has 0 bridgehead atoms.